The van der Waals surface area contributed by atoms with Gasteiger partial charge in [0.1, 0.15) is 5.54 Å². The molecule has 0 radical (unpaired) electrons. The van der Waals surface area contributed by atoms with Crippen LogP contribution in [0.5, 0.6) is 0 Å². The Bertz CT molecular complexity index is 1030. The molecule has 0 bridgehead atoms. The maximum absolute atomic E-state index is 13.5. The lowest BCUT2D eigenvalue weighted by molar-refractivity contribution is -0.143. The Kier molecular flexibility index (Phi) is 7.04. The van der Waals surface area contributed by atoms with Crippen molar-refractivity contribution in [1.82, 2.24) is 10.2 Å². The molecule has 10 heteroatoms. The molecule has 0 aliphatic carbocycles. The average Bonchev–Trinajstić information content (AvgIpc) is 3.03. The fraction of sp³-hybridized carbons (Fsp3) is 0.480. The Morgan fingerprint density at radius 1 is 0.971 bits per heavy atom. The van der Waals surface area contributed by atoms with E-state index in [4.69, 9.17) is 4.74 Å². The fourth-order valence-electron chi connectivity index (χ4n) is 4.28. The molecule has 1 N–H and O–H groups in total. The second-order valence-corrected chi connectivity index (χ2v) is 9.89. The van der Waals surface area contributed by atoms with Gasteiger partial charge in [-0.2, -0.15) is 26.3 Å². The normalized spacial score (nSPS) is 22.5. The van der Waals surface area contributed by atoms with Crippen LogP contribution < -0.4 is 5.32 Å². The van der Waals surface area contributed by atoms with Crippen molar-refractivity contribution in [1.29, 1.82) is 0 Å². The predicted molar refractivity (Wildman–Crippen MR) is 118 cm³/mol. The van der Waals surface area contributed by atoms with Gasteiger partial charge in [-0.1, -0.05) is 51.1 Å². The van der Waals surface area contributed by atoms with Crippen LogP contribution in [0, 0.1) is 5.41 Å². The van der Waals surface area contributed by atoms with E-state index in [0.717, 1.165) is 0 Å². The molecule has 3 atom stereocenters. The topological polar surface area (TPSA) is 41.6 Å². The molecule has 1 fully saturated rings. The number of carbonyl (C=O) groups is 1. The zero-order valence-corrected chi connectivity index (χ0v) is 20.0. The molecule has 0 spiro atoms. The third-order valence-corrected chi connectivity index (χ3v) is 6.17. The molecule has 1 heterocycles. The standard InChI is InChI=1S/C25H28F6N2O2/c1-15(16-11-18(24(26,27)28)13-19(12-16)25(29,30)31)35-14-23(17-9-7-6-8-10-17)21(34)33(5)20(32-23)22(2,3)4/h6-13,15,20,32H,14H2,1-5H3/t15-,20-,23-/m1/s1. The van der Waals surface area contributed by atoms with E-state index in [-0.39, 0.29) is 35.7 Å². The van der Waals surface area contributed by atoms with Crippen molar-refractivity contribution in [2.45, 2.75) is 57.9 Å². The third kappa shape index (κ3) is 5.48. The molecule has 1 saturated heterocycles. The van der Waals surface area contributed by atoms with E-state index in [9.17, 15) is 31.1 Å². The molecule has 1 aliphatic rings. The van der Waals surface area contributed by atoms with Crippen LogP contribution in [-0.4, -0.2) is 30.6 Å². The molecular formula is C25H28F6N2O2. The number of hydrogen-bond acceptors (Lipinski definition) is 3. The maximum Gasteiger partial charge on any atom is 0.416 e. The number of hydrogen-bond donors (Lipinski definition) is 1. The summed E-state index contributed by atoms with van der Waals surface area (Å²) >= 11 is 0. The molecular weight excluding hydrogens is 474 g/mol. The van der Waals surface area contributed by atoms with E-state index in [1.54, 1.807) is 42.3 Å². The van der Waals surface area contributed by atoms with Gasteiger partial charge in [-0.15, -0.1) is 0 Å². The average molecular weight is 502 g/mol. The number of halogens is 6. The van der Waals surface area contributed by atoms with Gasteiger partial charge < -0.3 is 9.64 Å². The summed E-state index contributed by atoms with van der Waals surface area (Å²) in [5, 5.41) is 3.33. The molecule has 3 rings (SSSR count). The number of amides is 1. The SMILES string of the molecule is C[C@@H](OC[C@]1(c2ccccc2)N[C@@H](C(C)(C)C)N(C)C1=O)c1cc(C(F)(F)F)cc(C(F)(F)F)c1. The van der Waals surface area contributed by atoms with Crippen LogP contribution in [0.3, 0.4) is 0 Å². The molecule has 1 aliphatic heterocycles. The lowest BCUT2D eigenvalue weighted by Crippen LogP contribution is -2.51. The Morgan fingerprint density at radius 2 is 1.49 bits per heavy atom. The first-order valence-corrected chi connectivity index (χ1v) is 11.0. The van der Waals surface area contributed by atoms with Gasteiger partial charge in [-0.05, 0) is 41.7 Å². The highest BCUT2D eigenvalue weighted by Crippen LogP contribution is 2.40. The van der Waals surface area contributed by atoms with E-state index < -0.39 is 35.1 Å². The summed E-state index contributed by atoms with van der Waals surface area (Å²) < 4.78 is 85.6. The summed E-state index contributed by atoms with van der Waals surface area (Å²) in [6, 6.07) is 10.1. The van der Waals surface area contributed by atoms with E-state index in [1.807, 2.05) is 20.8 Å². The summed E-state index contributed by atoms with van der Waals surface area (Å²) in [4.78, 5) is 15.0. The van der Waals surface area contributed by atoms with E-state index >= 15 is 0 Å². The first-order valence-electron chi connectivity index (χ1n) is 11.0. The zero-order chi connectivity index (χ0) is 26.4. The highest BCUT2D eigenvalue weighted by atomic mass is 19.4. The molecule has 2 aromatic carbocycles. The largest absolute Gasteiger partial charge is 0.416 e. The lowest BCUT2D eigenvalue weighted by atomic mass is 9.89. The van der Waals surface area contributed by atoms with Gasteiger partial charge in [-0.25, -0.2) is 0 Å². The van der Waals surface area contributed by atoms with Gasteiger partial charge in [0.2, 0.25) is 0 Å². The smallest absolute Gasteiger partial charge is 0.371 e. The van der Waals surface area contributed by atoms with Gasteiger partial charge >= 0.3 is 12.4 Å². The van der Waals surface area contributed by atoms with Crippen molar-refractivity contribution >= 4 is 5.91 Å². The van der Waals surface area contributed by atoms with Crippen LogP contribution >= 0.6 is 0 Å². The number of alkyl halides is 6. The Labute approximate surface area is 200 Å². The summed E-state index contributed by atoms with van der Waals surface area (Å²) in [7, 11) is 1.64. The number of ether oxygens (including phenoxy) is 1. The van der Waals surface area contributed by atoms with Crippen LogP contribution in [0.15, 0.2) is 48.5 Å². The van der Waals surface area contributed by atoms with Crippen LogP contribution in [-0.2, 0) is 27.4 Å². The van der Waals surface area contributed by atoms with Crippen LogP contribution in [0.4, 0.5) is 26.3 Å². The second kappa shape index (κ2) is 9.13. The minimum atomic E-state index is -4.97. The number of rotatable bonds is 5. The highest BCUT2D eigenvalue weighted by Gasteiger charge is 2.54. The molecule has 2 aromatic rings. The van der Waals surface area contributed by atoms with Crippen molar-refractivity contribution in [3.05, 3.63) is 70.8 Å². The summed E-state index contributed by atoms with van der Waals surface area (Å²) in [6.45, 7) is 6.89. The number of likely N-dealkylation sites (N-methyl/N-ethyl adjacent to an activating group) is 1. The van der Waals surface area contributed by atoms with Crippen molar-refractivity contribution in [3.8, 4) is 0 Å². The van der Waals surface area contributed by atoms with E-state index in [2.05, 4.69) is 5.32 Å². The Hall–Kier alpha value is -2.59. The summed E-state index contributed by atoms with van der Waals surface area (Å²) in [6.07, 6.45) is -11.5. The van der Waals surface area contributed by atoms with Crippen molar-refractivity contribution in [3.63, 3.8) is 0 Å². The zero-order valence-electron chi connectivity index (χ0n) is 20.0. The number of benzene rings is 2. The van der Waals surface area contributed by atoms with Gasteiger partial charge in [0.25, 0.3) is 5.91 Å². The molecule has 1 amide bonds. The maximum atomic E-state index is 13.5. The molecule has 0 aromatic heterocycles. The predicted octanol–water partition coefficient (Wildman–Crippen LogP) is 6.13. The molecule has 192 valence electrons. The first kappa shape index (κ1) is 27.0. The molecule has 0 unspecified atom stereocenters. The summed E-state index contributed by atoms with van der Waals surface area (Å²) in [5.41, 5.74) is -4.28. The van der Waals surface area contributed by atoms with Crippen molar-refractivity contribution in [2.24, 2.45) is 5.41 Å². The van der Waals surface area contributed by atoms with Crippen LogP contribution in [0.2, 0.25) is 0 Å². The van der Waals surface area contributed by atoms with Crippen LogP contribution in [0.1, 0.15) is 56.1 Å². The minimum absolute atomic E-state index is 0.0760. The van der Waals surface area contributed by atoms with Gasteiger partial charge in [0, 0.05) is 7.05 Å². The number of nitrogens with one attached hydrogen (secondary N) is 1. The Balaban J connectivity index is 1.98. The Morgan fingerprint density at radius 3 is 1.91 bits per heavy atom. The number of nitrogens with zero attached hydrogens (tertiary/aromatic N) is 1. The van der Waals surface area contributed by atoms with Crippen molar-refractivity contribution < 1.29 is 35.9 Å². The third-order valence-electron chi connectivity index (χ3n) is 6.17. The number of carbonyl (C=O) groups excluding carboxylic acids is 1. The summed E-state index contributed by atoms with van der Waals surface area (Å²) in [5.74, 6) is -0.309. The monoisotopic (exact) mass is 502 g/mol. The van der Waals surface area contributed by atoms with Crippen molar-refractivity contribution in [2.75, 3.05) is 13.7 Å². The quantitative estimate of drug-likeness (QED) is 0.500. The second-order valence-electron chi connectivity index (χ2n) is 9.89. The lowest BCUT2D eigenvalue weighted by Gasteiger charge is -2.33. The minimum Gasteiger partial charge on any atom is -0.371 e. The fourth-order valence-corrected chi connectivity index (χ4v) is 4.28. The van der Waals surface area contributed by atoms with Gasteiger partial charge in [0.05, 0.1) is 30.0 Å². The van der Waals surface area contributed by atoms with Gasteiger partial charge in [-0.3, -0.25) is 10.1 Å². The first-order chi connectivity index (χ1) is 16.0. The molecule has 35 heavy (non-hydrogen) atoms. The van der Waals surface area contributed by atoms with Gasteiger partial charge in [0.15, 0.2) is 0 Å². The van der Waals surface area contributed by atoms with E-state index in [0.29, 0.717) is 17.7 Å². The molecule has 4 nitrogen and oxygen atoms in total. The molecule has 0 saturated carbocycles. The van der Waals surface area contributed by atoms with Crippen LogP contribution in [0.25, 0.3) is 0 Å². The van der Waals surface area contributed by atoms with E-state index in [1.165, 1.54) is 6.92 Å². The highest BCUT2D eigenvalue weighted by molar-refractivity contribution is 5.90.